The Kier molecular flexibility index (Phi) is 7.41. The van der Waals surface area contributed by atoms with Crippen LogP contribution in [0.2, 0.25) is 0 Å². The molecule has 2 nitrogen and oxygen atoms in total. The van der Waals surface area contributed by atoms with Crippen molar-refractivity contribution in [3.8, 4) is 33.4 Å². The van der Waals surface area contributed by atoms with Gasteiger partial charge in [-0.1, -0.05) is 136 Å². The monoisotopic (exact) mass is 751 g/mol. The van der Waals surface area contributed by atoms with Crippen LogP contribution in [0.4, 0.5) is 17.1 Å². The molecule has 0 saturated heterocycles. The summed E-state index contributed by atoms with van der Waals surface area (Å²) in [6.07, 6.45) is 7.08. The minimum atomic E-state index is -0.0766. The number of hydrogen-bond acceptors (Lipinski definition) is 2. The first-order valence-corrected chi connectivity index (χ1v) is 21.6. The van der Waals surface area contributed by atoms with Crippen molar-refractivity contribution in [2.45, 2.75) is 63.7 Å². The van der Waals surface area contributed by atoms with Crippen LogP contribution in [0.25, 0.3) is 55.3 Å². The summed E-state index contributed by atoms with van der Waals surface area (Å²) in [5.41, 5.74) is 17.5. The maximum absolute atomic E-state index is 6.75. The second-order valence-corrected chi connectivity index (χ2v) is 19.0. The maximum atomic E-state index is 6.75. The minimum absolute atomic E-state index is 0.0766. The van der Waals surface area contributed by atoms with Crippen molar-refractivity contribution in [2.75, 3.05) is 4.90 Å². The number of para-hydroxylation sites is 2. The lowest BCUT2D eigenvalue weighted by atomic mass is 9.43. The molecule has 0 unspecified atom stereocenters. The fourth-order valence-corrected chi connectivity index (χ4v) is 12.4. The van der Waals surface area contributed by atoms with Gasteiger partial charge in [-0.3, -0.25) is 0 Å². The molecule has 0 N–H and O–H groups in total. The second kappa shape index (κ2) is 12.6. The molecule has 0 atom stereocenters. The third-order valence-corrected chi connectivity index (χ3v) is 14.8. The number of furan rings is 1. The number of fused-ring (bicyclic) bond motifs is 6. The molecule has 8 aromatic rings. The van der Waals surface area contributed by atoms with Gasteiger partial charge in [0.2, 0.25) is 0 Å². The van der Waals surface area contributed by atoms with Gasteiger partial charge in [-0.15, -0.1) is 0 Å². The summed E-state index contributed by atoms with van der Waals surface area (Å²) in [7, 11) is 0. The zero-order chi connectivity index (χ0) is 38.8. The van der Waals surface area contributed by atoms with Crippen LogP contribution in [-0.2, 0) is 10.8 Å². The molecule has 2 heteroatoms. The molecule has 5 aliphatic rings. The zero-order valence-corrected chi connectivity index (χ0v) is 33.7. The summed E-state index contributed by atoms with van der Waals surface area (Å²) >= 11 is 0. The van der Waals surface area contributed by atoms with Gasteiger partial charge in [-0.2, -0.15) is 0 Å². The molecule has 1 heterocycles. The van der Waals surface area contributed by atoms with Crippen molar-refractivity contribution in [3.05, 3.63) is 174 Å². The van der Waals surface area contributed by atoms with Gasteiger partial charge >= 0.3 is 0 Å². The Labute approximate surface area is 342 Å². The molecule has 58 heavy (non-hydrogen) atoms. The Bertz CT molecular complexity index is 2860. The van der Waals surface area contributed by atoms with E-state index in [1.807, 2.05) is 0 Å². The van der Waals surface area contributed by atoms with Gasteiger partial charge < -0.3 is 9.32 Å². The van der Waals surface area contributed by atoms with E-state index in [9.17, 15) is 0 Å². The predicted molar refractivity (Wildman–Crippen MR) is 241 cm³/mol. The van der Waals surface area contributed by atoms with Gasteiger partial charge in [0.15, 0.2) is 5.58 Å². The minimum Gasteiger partial charge on any atom is -0.454 e. The average molecular weight is 752 g/mol. The van der Waals surface area contributed by atoms with Crippen molar-refractivity contribution in [3.63, 3.8) is 0 Å². The van der Waals surface area contributed by atoms with Gasteiger partial charge in [0, 0.05) is 27.6 Å². The average Bonchev–Trinajstić information content (AvgIpc) is 3.77. The summed E-state index contributed by atoms with van der Waals surface area (Å²) in [6, 6.07) is 59.0. The molecule has 0 amide bonds. The van der Waals surface area contributed by atoms with Crippen LogP contribution in [0.3, 0.4) is 0 Å². The van der Waals surface area contributed by atoms with Crippen molar-refractivity contribution in [1.82, 2.24) is 0 Å². The highest BCUT2D eigenvalue weighted by atomic mass is 16.3. The SMILES string of the molecule is CC(C)(C)c1cc(-c2ccc3c(c2)-c2ccccc2C32C3CC4CC(C3)CC2C4)cc(N(c2ccc(-c3ccccc3)cc2)c2cccc3c2oc2ccccc23)c1. The van der Waals surface area contributed by atoms with E-state index >= 15 is 0 Å². The van der Waals surface area contributed by atoms with Crippen LogP contribution >= 0.6 is 0 Å². The highest BCUT2D eigenvalue weighted by Gasteiger charge is 2.61. The number of anilines is 3. The fourth-order valence-electron chi connectivity index (χ4n) is 12.4. The highest BCUT2D eigenvalue weighted by molar-refractivity contribution is 6.10. The van der Waals surface area contributed by atoms with E-state index < -0.39 is 0 Å². The number of hydrogen-bond donors (Lipinski definition) is 0. The molecule has 13 rings (SSSR count). The maximum Gasteiger partial charge on any atom is 0.159 e. The van der Waals surface area contributed by atoms with Crippen molar-refractivity contribution < 1.29 is 4.42 Å². The summed E-state index contributed by atoms with van der Waals surface area (Å²) in [5, 5.41) is 2.26. The van der Waals surface area contributed by atoms with Crippen molar-refractivity contribution in [2.24, 2.45) is 23.7 Å². The zero-order valence-electron chi connectivity index (χ0n) is 33.7. The molecule has 0 aliphatic heterocycles. The number of benzene rings is 7. The lowest BCUT2D eigenvalue weighted by Gasteiger charge is -2.61. The third-order valence-electron chi connectivity index (χ3n) is 14.8. The molecule has 1 aromatic heterocycles. The largest absolute Gasteiger partial charge is 0.454 e. The normalized spacial score (nSPS) is 22.8. The smallest absolute Gasteiger partial charge is 0.159 e. The Hall–Kier alpha value is -5.86. The van der Waals surface area contributed by atoms with Crippen LogP contribution in [0.15, 0.2) is 162 Å². The number of nitrogens with zero attached hydrogens (tertiary/aromatic N) is 1. The van der Waals surface area contributed by atoms with Crippen LogP contribution < -0.4 is 4.90 Å². The summed E-state index contributed by atoms with van der Waals surface area (Å²) < 4.78 is 6.75. The van der Waals surface area contributed by atoms with Crippen molar-refractivity contribution >= 4 is 39.0 Å². The summed E-state index contributed by atoms with van der Waals surface area (Å²) in [5.74, 6) is 3.39. The lowest BCUT2D eigenvalue weighted by molar-refractivity contribution is -0.0399. The summed E-state index contributed by atoms with van der Waals surface area (Å²) in [6.45, 7) is 7.01. The van der Waals surface area contributed by atoms with E-state index in [-0.39, 0.29) is 10.8 Å². The molecule has 7 aromatic carbocycles. The van der Waals surface area contributed by atoms with Gasteiger partial charge in [0.05, 0.1) is 5.69 Å². The molecule has 4 saturated carbocycles. The van der Waals surface area contributed by atoms with E-state index in [4.69, 9.17) is 4.42 Å². The summed E-state index contributed by atoms with van der Waals surface area (Å²) in [4.78, 5) is 2.42. The molecular weight excluding hydrogens is 703 g/mol. The van der Waals surface area contributed by atoms with Gasteiger partial charge in [0.25, 0.3) is 0 Å². The predicted octanol–water partition coefficient (Wildman–Crippen LogP) is 15.4. The fraction of sp³-hybridized carbons (Fsp3) is 0.250. The number of rotatable bonds is 5. The first-order valence-electron chi connectivity index (χ1n) is 21.6. The first-order chi connectivity index (χ1) is 28.3. The van der Waals surface area contributed by atoms with Crippen LogP contribution in [-0.4, -0.2) is 0 Å². The Balaban J connectivity index is 1.05. The quantitative estimate of drug-likeness (QED) is 0.174. The van der Waals surface area contributed by atoms with Crippen molar-refractivity contribution in [1.29, 1.82) is 0 Å². The molecule has 284 valence electrons. The van der Waals surface area contributed by atoms with Crippen LogP contribution in [0.1, 0.15) is 69.6 Å². The molecule has 4 bridgehead atoms. The molecule has 0 radical (unpaired) electrons. The topological polar surface area (TPSA) is 16.4 Å². The van der Waals surface area contributed by atoms with Gasteiger partial charge in [-0.05, 0) is 154 Å². The van der Waals surface area contributed by atoms with Crippen LogP contribution in [0.5, 0.6) is 0 Å². The molecular formula is C56H49NO. The Morgan fingerprint density at radius 1 is 0.500 bits per heavy atom. The highest BCUT2D eigenvalue weighted by Crippen LogP contribution is 2.69. The molecule has 4 fully saturated rings. The lowest BCUT2D eigenvalue weighted by Crippen LogP contribution is -2.55. The van der Waals surface area contributed by atoms with E-state index in [1.165, 1.54) is 71.0 Å². The Morgan fingerprint density at radius 3 is 1.93 bits per heavy atom. The van der Waals surface area contributed by atoms with Crippen LogP contribution in [0, 0.1) is 23.7 Å². The van der Waals surface area contributed by atoms with Gasteiger partial charge in [0.1, 0.15) is 5.58 Å². The van der Waals surface area contributed by atoms with Gasteiger partial charge in [-0.25, -0.2) is 0 Å². The van der Waals surface area contributed by atoms with E-state index in [1.54, 1.807) is 11.1 Å². The Morgan fingerprint density at radius 2 is 1.16 bits per heavy atom. The standard InChI is InChI=1S/C56H49NO/c1-55(2,3)41-31-40(39-22-25-51-49(33-39)46-14-7-9-17-50(46)56(51)42-27-35-26-36(29-42)30-43(56)28-35)32-45(34-41)57(44-23-20-38(21-24-44)37-12-5-4-6-13-37)52-18-11-16-48-47-15-8-10-19-53(47)58-54(48)52/h4-25,31-36,42-43H,26-30H2,1-3H3. The van der Waals surface area contributed by atoms with E-state index in [0.717, 1.165) is 62.7 Å². The van der Waals surface area contributed by atoms with E-state index in [0.29, 0.717) is 0 Å². The third kappa shape index (κ3) is 5.03. The molecule has 5 aliphatic carbocycles. The first kappa shape index (κ1) is 34.2. The van der Waals surface area contributed by atoms with E-state index in [2.05, 4.69) is 183 Å². The molecule has 1 spiro atoms. The second-order valence-electron chi connectivity index (χ2n) is 19.0.